The van der Waals surface area contributed by atoms with Crippen molar-refractivity contribution in [3.63, 3.8) is 0 Å². The lowest BCUT2D eigenvalue weighted by Gasteiger charge is -2.15. The number of aromatic nitrogens is 3. The molecule has 0 aliphatic carbocycles. The van der Waals surface area contributed by atoms with Crippen LogP contribution in [0.1, 0.15) is 0 Å². The van der Waals surface area contributed by atoms with Gasteiger partial charge in [-0.25, -0.2) is 9.97 Å². The normalized spacial score (nSPS) is 11.2. The molecule has 108 valence electrons. The third-order valence-corrected chi connectivity index (χ3v) is 3.82. The molecule has 22 heavy (non-hydrogen) atoms. The monoisotopic (exact) mass is 288 g/mol. The van der Waals surface area contributed by atoms with E-state index in [9.17, 15) is 0 Å². The molecule has 0 fully saturated rings. The van der Waals surface area contributed by atoms with Gasteiger partial charge in [-0.2, -0.15) is 0 Å². The molecule has 2 heterocycles. The van der Waals surface area contributed by atoms with E-state index in [1.807, 2.05) is 43.4 Å². The fourth-order valence-corrected chi connectivity index (χ4v) is 2.72. The minimum Gasteiger partial charge on any atom is -0.362 e. The SMILES string of the molecule is CN(C)c1nc(-c2ccc3cc[nH]c3c2)nc2ccccc12. The number of fused-ring (bicyclic) bond motifs is 2. The second kappa shape index (κ2) is 4.84. The van der Waals surface area contributed by atoms with E-state index in [-0.39, 0.29) is 0 Å². The van der Waals surface area contributed by atoms with Crippen LogP contribution in [0.15, 0.2) is 54.7 Å². The maximum atomic E-state index is 4.76. The van der Waals surface area contributed by atoms with Gasteiger partial charge in [0.2, 0.25) is 0 Å². The van der Waals surface area contributed by atoms with Gasteiger partial charge in [0, 0.05) is 36.8 Å². The third kappa shape index (κ3) is 2.00. The molecule has 2 aromatic carbocycles. The molecule has 0 atom stereocenters. The van der Waals surface area contributed by atoms with Gasteiger partial charge in [0.25, 0.3) is 0 Å². The van der Waals surface area contributed by atoms with Gasteiger partial charge >= 0.3 is 0 Å². The molecule has 4 nitrogen and oxygen atoms in total. The van der Waals surface area contributed by atoms with Crippen LogP contribution in [0.2, 0.25) is 0 Å². The van der Waals surface area contributed by atoms with E-state index >= 15 is 0 Å². The van der Waals surface area contributed by atoms with Crippen molar-refractivity contribution in [1.82, 2.24) is 15.0 Å². The van der Waals surface area contributed by atoms with Crippen molar-refractivity contribution in [2.45, 2.75) is 0 Å². The van der Waals surface area contributed by atoms with Crippen LogP contribution in [0.25, 0.3) is 33.2 Å². The first kappa shape index (κ1) is 12.8. The van der Waals surface area contributed by atoms with Crippen molar-refractivity contribution >= 4 is 27.6 Å². The van der Waals surface area contributed by atoms with Gasteiger partial charge in [-0.3, -0.25) is 0 Å². The van der Waals surface area contributed by atoms with E-state index in [0.29, 0.717) is 0 Å². The van der Waals surface area contributed by atoms with Crippen molar-refractivity contribution < 1.29 is 0 Å². The summed E-state index contributed by atoms with van der Waals surface area (Å²) < 4.78 is 0. The molecule has 2 aromatic heterocycles. The van der Waals surface area contributed by atoms with E-state index in [1.165, 1.54) is 5.39 Å². The number of rotatable bonds is 2. The Balaban J connectivity index is 1.97. The fraction of sp³-hybridized carbons (Fsp3) is 0.111. The first-order valence-corrected chi connectivity index (χ1v) is 7.24. The number of anilines is 1. The molecule has 0 radical (unpaired) electrons. The Bertz CT molecular complexity index is 969. The number of H-pyrrole nitrogens is 1. The summed E-state index contributed by atoms with van der Waals surface area (Å²) in [4.78, 5) is 14.8. The maximum Gasteiger partial charge on any atom is 0.162 e. The summed E-state index contributed by atoms with van der Waals surface area (Å²) in [5, 5.41) is 2.26. The van der Waals surface area contributed by atoms with Gasteiger partial charge in [0.1, 0.15) is 5.82 Å². The summed E-state index contributed by atoms with van der Waals surface area (Å²) in [5.74, 6) is 1.69. The molecule has 0 aliphatic rings. The Kier molecular flexibility index (Phi) is 2.82. The van der Waals surface area contributed by atoms with Gasteiger partial charge in [-0.1, -0.05) is 24.3 Å². The lowest BCUT2D eigenvalue weighted by atomic mass is 10.1. The van der Waals surface area contributed by atoms with E-state index < -0.39 is 0 Å². The van der Waals surface area contributed by atoms with Crippen LogP contribution in [0.5, 0.6) is 0 Å². The Labute approximate surface area is 128 Å². The number of hydrogen-bond donors (Lipinski definition) is 1. The van der Waals surface area contributed by atoms with Crippen LogP contribution in [-0.2, 0) is 0 Å². The first-order chi connectivity index (χ1) is 10.7. The summed E-state index contributed by atoms with van der Waals surface area (Å²) in [6.07, 6.45) is 1.95. The molecule has 0 spiro atoms. The van der Waals surface area contributed by atoms with Crippen LogP contribution in [0, 0.1) is 0 Å². The molecule has 4 rings (SSSR count). The minimum atomic E-state index is 0.749. The predicted molar refractivity (Wildman–Crippen MR) is 91.2 cm³/mol. The van der Waals surface area contributed by atoms with Crippen LogP contribution in [0.4, 0.5) is 5.82 Å². The van der Waals surface area contributed by atoms with E-state index in [4.69, 9.17) is 9.97 Å². The molecule has 0 saturated carbocycles. The van der Waals surface area contributed by atoms with Crippen LogP contribution in [0.3, 0.4) is 0 Å². The molecule has 0 unspecified atom stereocenters. The molecule has 1 N–H and O–H groups in total. The maximum absolute atomic E-state index is 4.76. The van der Waals surface area contributed by atoms with Crippen molar-refractivity contribution in [3.8, 4) is 11.4 Å². The van der Waals surface area contributed by atoms with E-state index in [0.717, 1.165) is 33.6 Å². The number of para-hydroxylation sites is 1. The standard InChI is InChI=1S/C18H16N4/c1-22(2)18-14-5-3-4-6-15(14)20-17(21-18)13-8-7-12-9-10-19-16(12)11-13/h3-11,19H,1-2H3. The van der Waals surface area contributed by atoms with Crippen molar-refractivity contribution in [2.75, 3.05) is 19.0 Å². The fourth-order valence-electron chi connectivity index (χ4n) is 2.72. The topological polar surface area (TPSA) is 44.8 Å². The zero-order chi connectivity index (χ0) is 15.1. The van der Waals surface area contributed by atoms with Crippen LogP contribution in [-0.4, -0.2) is 29.0 Å². The molecular weight excluding hydrogens is 272 g/mol. The average molecular weight is 288 g/mol. The van der Waals surface area contributed by atoms with Crippen LogP contribution < -0.4 is 4.90 Å². The predicted octanol–water partition coefficient (Wildman–Crippen LogP) is 3.84. The van der Waals surface area contributed by atoms with Gasteiger partial charge < -0.3 is 9.88 Å². The smallest absolute Gasteiger partial charge is 0.162 e. The third-order valence-electron chi connectivity index (χ3n) is 3.82. The first-order valence-electron chi connectivity index (χ1n) is 7.24. The molecule has 4 aromatic rings. The lowest BCUT2D eigenvalue weighted by Crippen LogP contribution is -2.12. The summed E-state index contributed by atoms with van der Waals surface area (Å²) in [7, 11) is 4.01. The Morgan fingerprint density at radius 1 is 0.955 bits per heavy atom. The molecule has 0 bridgehead atoms. The highest BCUT2D eigenvalue weighted by Crippen LogP contribution is 2.27. The van der Waals surface area contributed by atoms with Gasteiger partial charge in [-0.05, 0) is 29.7 Å². The quantitative estimate of drug-likeness (QED) is 0.609. The van der Waals surface area contributed by atoms with Crippen molar-refractivity contribution in [3.05, 3.63) is 54.7 Å². The molecule has 0 amide bonds. The second-order valence-corrected chi connectivity index (χ2v) is 5.56. The number of hydrogen-bond acceptors (Lipinski definition) is 3. The van der Waals surface area contributed by atoms with Gasteiger partial charge in [0.05, 0.1) is 5.52 Å². The number of benzene rings is 2. The lowest BCUT2D eigenvalue weighted by molar-refractivity contribution is 1.07. The largest absolute Gasteiger partial charge is 0.362 e. The van der Waals surface area contributed by atoms with E-state index in [2.05, 4.69) is 35.3 Å². The summed E-state index contributed by atoms with van der Waals surface area (Å²) in [5.41, 5.74) is 3.08. The highest BCUT2D eigenvalue weighted by atomic mass is 15.2. The zero-order valence-corrected chi connectivity index (χ0v) is 12.5. The summed E-state index contributed by atoms with van der Waals surface area (Å²) >= 11 is 0. The summed E-state index contributed by atoms with van der Waals surface area (Å²) in [6.45, 7) is 0. The Morgan fingerprint density at radius 2 is 1.82 bits per heavy atom. The minimum absolute atomic E-state index is 0.749. The molecule has 0 aliphatic heterocycles. The van der Waals surface area contributed by atoms with Gasteiger partial charge in [0.15, 0.2) is 5.82 Å². The molecule has 0 saturated heterocycles. The molecular formula is C18H16N4. The van der Waals surface area contributed by atoms with Crippen molar-refractivity contribution in [1.29, 1.82) is 0 Å². The van der Waals surface area contributed by atoms with Gasteiger partial charge in [-0.15, -0.1) is 0 Å². The zero-order valence-electron chi connectivity index (χ0n) is 12.5. The second-order valence-electron chi connectivity index (χ2n) is 5.56. The number of aromatic amines is 1. The van der Waals surface area contributed by atoms with E-state index in [1.54, 1.807) is 0 Å². The van der Waals surface area contributed by atoms with Crippen LogP contribution >= 0.6 is 0 Å². The van der Waals surface area contributed by atoms with Crippen molar-refractivity contribution in [2.24, 2.45) is 0 Å². The Hall–Kier alpha value is -2.88. The Morgan fingerprint density at radius 3 is 2.68 bits per heavy atom. The number of nitrogens with zero attached hydrogens (tertiary/aromatic N) is 3. The highest BCUT2D eigenvalue weighted by Gasteiger charge is 2.11. The molecule has 4 heteroatoms. The highest BCUT2D eigenvalue weighted by molar-refractivity contribution is 5.91. The average Bonchev–Trinajstić information content (AvgIpc) is 3.01. The summed E-state index contributed by atoms with van der Waals surface area (Å²) in [6, 6.07) is 16.4. The number of nitrogens with one attached hydrogen (secondary N) is 1.